The number of ether oxygens (including phenoxy) is 1. The van der Waals surface area contributed by atoms with Gasteiger partial charge in [-0.05, 0) is 29.8 Å². The van der Waals surface area contributed by atoms with Crippen molar-refractivity contribution in [2.24, 2.45) is 0 Å². The second kappa shape index (κ2) is 10.6. The van der Waals surface area contributed by atoms with Gasteiger partial charge in [0, 0.05) is 35.2 Å². The van der Waals surface area contributed by atoms with Crippen molar-refractivity contribution in [2.45, 2.75) is 18.6 Å². The summed E-state index contributed by atoms with van der Waals surface area (Å²) in [5.41, 5.74) is -2.54. The van der Waals surface area contributed by atoms with Gasteiger partial charge in [-0.2, -0.15) is 13.2 Å². The largest absolute Gasteiger partial charge is 0.496 e. The zero-order chi connectivity index (χ0) is 28.5. The van der Waals surface area contributed by atoms with Crippen LogP contribution < -0.4 is 10.1 Å². The number of amides is 1. The van der Waals surface area contributed by atoms with Crippen LogP contribution in [0, 0.1) is 17.5 Å². The van der Waals surface area contributed by atoms with Crippen LogP contribution in [0.15, 0.2) is 60.8 Å². The third kappa shape index (κ3) is 5.49. The molecular weight excluding hydrogens is 530 g/mol. The van der Waals surface area contributed by atoms with E-state index in [-0.39, 0.29) is 22.0 Å². The first-order valence-electron chi connectivity index (χ1n) is 11.2. The molecule has 0 aliphatic carbocycles. The van der Waals surface area contributed by atoms with E-state index in [1.807, 2.05) is 0 Å². The Kier molecular flexibility index (Phi) is 7.48. The number of nitrogens with one attached hydrogen (secondary N) is 1. The summed E-state index contributed by atoms with van der Waals surface area (Å²) >= 11 is 0. The number of aliphatic carboxylic acids is 1. The topological polar surface area (TPSA) is 88.5 Å². The molecule has 0 saturated heterocycles. The molecule has 2 N–H and O–H groups in total. The standard InChI is InChI=1S/C27H18F6N2O4/c1-39-21-12-14(28)11-17(27(31,32)33)22(21)16-8-7-13(15-4-3-9-34-24(15)16)10-20(26(37)38)35-25(36)23-18(29)5-2-6-19(23)30/h2-9,11-12,20H,10H2,1H3,(H,35,36)(H,37,38)/t20-/m1/s1. The summed E-state index contributed by atoms with van der Waals surface area (Å²) in [4.78, 5) is 28.6. The molecule has 0 spiro atoms. The summed E-state index contributed by atoms with van der Waals surface area (Å²) < 4.78 is 88.7. The Bertz CT molecular complexity index is 1570. The SMILES string of the molecule is COc1cc(F)cc(C(F)(F)F)c1-c1ccc(C[C@@H](NC(=O)c2c(F)cccc2F)C(=O)O)c2cccnc12. The number of fused-ring (bicyclic) bond motifs is 1. The van der Waals surface area contributed by atoms with Gasteiger partial charge in [-0.25, -0.2) is 18.0 Å². The fourth-order valence-electron chi connectivity index (χ4n) is 4.22. The molecule has 0 bridgehead atoms. The van der Waals surface area contributed by atoms with Crippen LogP contribution in [-0.4, -0.2) is 35.1 Å². The predicted molar refractivity (Wildman–Crippen MR) is 128 cm³/mol. The van der Waals surface area contributed by atoms with E-state index in [0.29, 0.717) is 6.07 Å². The van der Waals surface area contributed by atoms with Crippen LogP contribution in [-0.2, 0) is 17.4 Å². The molecule has 0 radical (unpaired) electrons. The summed E-state index contributed by atoms with van der Waals surface area (Å²) in [5.74, 6) is -6.77. The number of alkyl halides is 3. The van der Waals surface area contributed by atoms with Gasteiger partial charge in [0.1, 0.15) is 34.8 Å². The maximum absolute atomic E-state index is 14.0. The van der Waals surface area contributed by atoms with E-state index in [4.69, 9.17) is 4.74 Å². The third-order valence-electron chi connectivity index (χ3n) is 5.94. The maximum atomic E-state index is 14.0. The van der Waals surface area contributed by atoms with E-state index in [9.17, 15) is 41.0 Å². The summed E-state index contributed by atoms with van der Waals surface area (Å²) in [6, 6.07) is 7.68. The van der Waals surface area contributed by atoms with Crippen LogP contribution in [0.25, 0.3) is 22.0 Å². The highest BCUT2D eigenvalue weighted by atomic mass is 19.4. The van der Waals surface area contributed by atoms with Crippen molar-refractivity contribution in [2.75, 3.05) is 7.11 Å². The Morgan fingerprint density at radius 1 is 1.03 bits per heavy atom. The summed E-state index contributed by atoms with van der Waals surface area (Å²) in [7, 11) is 1.08. The van der Waals surface area contributed by atoms with Crippen LogP contribution in [0.1, 0.15) is 21.5 Å². The second-order valence-electron chi connectivity index (χ2n) is 8.37. The number of carboxylic acid groups (broad SMARTS) is 1. The highest BCUT2D eigenvalue weighted by Crippen LogP contribution is 2.45. The molecule has 202 valence electrons. The van der Waals surface area contributed by atoms with E-state index in [2.05, 4.69) is 10.3 Å². The molecule has 12 heteroatoms. The monoisotopic (exact) mass is 548 g/mol. The number of halogens is 6. The average molecular weight is 548 g/mol. The fourth-order valence-corrected chi connectivity index (χ4v) is 4.22. The third-order valence-corrected chi connectivity index (χ3v) is 5.94. The first-order chi connectivity index (χ1) is 18.4. The van der Waals surface area contributed by atoms with Crippen LogP contribution in [0.5, 0.6) is 5.75 Å². The molecule has 0 saturated carbocycles. The molecule has 6 nitrogen and oxygen atoms in total. The van der Waals surface area contributed by atoms with Gasteiger partial charge in [0.2, 0.25) is 0 Å². The van der Waals surface area contributed by atoms with Gasteiger partial charge in [-0.1, -0.05) is 24.3 Å². The molecule has 4 aromatic rings. The maximum Gasteiger partial charge on any atom is 0.417 e. The van der Waals surface area contributed by atoms with E-state index in [0.717, 1.165) is 31.4 Å². The van der Waals surface area contributed by atoms with Gasteiger partial charge in [-0.15, -0.1) is 0 Å². The number of carbonyl (C=O) groups is 2. The Hall–Kier alpha value is -4.61. The molecular formula is C27H18F6N2O4. The number of rotatable bonds is 7. The molecule has 0 aliphatic heterocycles. The molecule has 3 aromatic carbocycles. The van der Waals surface area contributed by atoms with Gasteiger partial charge in [0.25, 0.3) is 5.91 Å². The summed E-state index contributed by atoms with van der Waals surface area (Å²) in [5, 5.41) is 12.0. The Labute approximate surface area is 216 Å². The average Bonchev–Trinajstić information content (AvgIpc) is 2.87. The smallest absolute Gasteiger partial charge is 0.417 e. The molecule has 1 atom stereocenters. The van der Waals surface area contributed by atoms with Crippen molar-refractivity contribution < 1.29 is 45.8 Å². The Balaban J connectivity index is 1.80. The normalized spacial score (nSPS) is 12.3. The van der Waals surface area contributed by atoms with Gasteiger partial charge >= 0.3 is 12.1 Å². The first kappa shape index (κ1) is 27.4. The van der Waals surface area contributed by atoms with E-state index in [1.54, 1.807) is 0 Å². The van der Waals surface area contributed by atoms with E-state index in [1.165, 1.54) is 30.5 Å². The Morgan fingerprint density at radius 3 is 2.33 bits per heavy atom. The van der Waals surface area contributed by atoms with E-state index < -0.39 is 70.4 Å². The number of aromatic nitrogens is 1. The minimum atomic E-state index is -4.95. The summed E-state index contributed by atoms with van der Waals surface area (Å²) in [6.45, 7) is 0. The Morgan fingerprint density at radius 2 is 1.72 bits per heavy atom. The lowest BCUT2D eigenvalue weighted by Crippen LogP contribution is -2.43. The van der Waals surface area contributed by atoms with Gasteiger partial charge < -0.3 is 15.2 Å². The fraction of sp³-hybridized carbons (Fsp3) is 0.148. The van der Waals surface area contributed by atoms with Crippen molar-refractivity contribution in [3.8, 4) is 16.9 Å². The van der Waals surface area contributed by atoms with E-state index >= 15 is 0 Å². The van der Waals surface area contributed by atoms with Gasteiger partial charge in [0.15, 0.2) is 0 Å². The number of nitrogens with zero attached hydrogens (tertiary/aromatic N) is 1. The minimum Gasteiger partial charge on any atom is -0.496 e. The zero-order valence-electron chi connectivity index (χ0n) is 19.9. The second-order valence-corrected chi connectivity index (χ2v) is 8.37. The number of hydrogen-bond acceptors (Lipinski definition) is 4. The highest BCUT2D eigenvalue weighted by Gasteiger charge is 2.37. The van der Waals surface area contributed by atoms with Crippen molar-refractivity contribution in [1.29, 1.82) is 0 Å². The molecule has 0 fully saturated rings. The number of benzene rings is 3. The van der Waals surface area contributed by atoms with Crippen LogP contribution in [0.2, 0.25) is 0 Å². The molecule has 0 unspecified atom stereocenters. The lowest BCUT2D eigenvalue weighted by molar-refractivity contribution is -0.139. The van der Waals surface area contributed by atoms with Crippen LogP contribution in [0.4, 0.5) is 26.3 Å². The van der Waals surface area contributed by atoms with Crippen molar-refractivity contribution >= 4 is 22.8 Å². The molecule has 39 heavy (non-hydrogen) atoms. The van der Waals surface area contributed by atoms with Gasteiger partial charge in [-0.3, -0.25) is 9.78 Å². The lowest BCUT2D eigenvalue weighted by atomic mass is 9.92. The van der Waals surface area contributed by atoms with Crippen LogP contribution in [0.3, 0.4) is 0 Å². The molecule has 1 heterocycles. The van der Waals surface area contributed by atoms with Crippen molar-refractivity contribution in [3.05, 3.63) is 94.9 Å². The zero-order valence-corrected chi connectivity index (χ0v) is 19.9. The number of pyridine rings is 1. The van der Waals surface area contributed by atoms with Gasteiger partial charge in [0.05, 0.1) is 18.2 Å². The molecule has 1 amide bonds. The number of methoxy groups -OCH3 is 1. The predicted octanol–water partition coefficient (Wildman–Crippen LogP) is 5.77. The molecule has 4 rings (SSSR count). The van der Waals surface area contributed by atoms with Crippen molar-refractivity contribution in [1.82, 2.24) is 10.3 Å². The van der Waals surface area contributed by atoms with Crippen molar-refractivity contribution in [3.63, 3.8) is 0 Å². The quantitative estimate of drug-likeness (QED) is 0.286. The lowest BCUT2D eigenvalue weighted by Gasteiger charge is -2.20. The minimum absolute atomic E-state index is 0.0148. The molecule has 1 aromatic heterocycles. The number of carboxylic acids is 1. The highest BCUT2D eigenvalue weighted by molar-refractivity contribution is 5.99. The summed E-state index contributed by atoms with van der Waals surface area (Å²) in [6.07, 6.45) is -4.06. The number of carbonyl (C=O) groups excluding carboxylic acids is 1. The first-order valence-corrected chi connectivity index (χ1v) is 11.2. The number of hydrogen-bond donors (Lipinski definition) is 2. The van der Waals surface area contributed by atoms with Crippen LogP contribution >= 0.6 is 0 Å². The molecule has 0 aliphatic rings.